The number of halogens is 3. The normalized spacial score (nSPS) is 17.6. The molecule has 2 aromatic heterocycles. The third-order valence-corrected chi connectivity index (χ3v) is 7.53. The molecule has 13 heteroatoms. The van der Waals surface area contributed by atoms with Crippen LogP contribution in [0.15, 0.2) is 30.5 Å². The van der Waals surface area contributed by atoms with Crippen LogP contribution in [-0.2, 0) is 22.6 Å². The number of hydrogen-bond acceptors (Lipinski definition) is 7. The van der Waals surface area contributed by atoms with Crippen LogP contribution in [-0.4, -0.2) is 95.7 Å². The number of fused-ring (bicyclic) bond motifs is 1. The first-order valence-corrected chi connectivity index (χ1v) is 14.3. The van der Waals surface area contributed by atoms with Gasteiger partial charge in [-0.1, -0.05) is 12.0 Å². The van der Waals surface area contributed by atoms with Gasteiger partial charge in [0, 0.05) is 36.5 Å². The van der Waals surface area contributed by atoms with Gasteiger partial charge in [-0.05, 0) is 63.4 Å². The van der Waals surface area contributed by atoms with Crippen LogP contribution in [0.25, 0.3) is 10.9 Å². The smallest absolute Gasteiger partial charge is 0.406 e. The van der Waals surface area contributed by atoms with Crippen LogP contribution in [0, 0.1) is 24.7 Å². The lowest BCUT2D eigenvalue weighted by molar-refractivity contribution is -0.140. The first kappa shape index (κ1) is 32.3. The fourth-order valence-corrected chi connectivity index (χ4v) is 5.46. The number of carboxylic acids is 1. The molecule has 3 heterocycles. The van der Waals surface area contributed by atoms with E-state index in [1.54, 1.807) is 29.8 Å². The fourth-order valence-electron chi connectivity index (χ4n) is 5.46. The number of aryl methyl sites for hydroxylation is 1. The lowest BCUT2D eigenvalue weighted by Gasteiger charge is -2.38. The minimum atomic E-state index is -4.39. The van der Waals surface area contributed by atoms with Crippen LogP contribution >= 0.6 is 0 Å². The molecule has 1 fully saturated rings. The van der Waals surface area contributed by atoms with Crippen molar-refractivity contribution < 1.29 is 32.5 Å². The quantitative estimate of drug-likeness (QED) is 0.200. The van der Waals surface area contributed by atoms with E-state index < -0.39 is 18.7 Å². The molecule has 10 nitrogen and oxygen atoms in total. The van der Waals surface area contributed by atoms with Crippen molar-refractivity contribution in [2.24, 2.45) is 11.7 Å². The molecule has 4 rings (SSSR count). The molecule has 0 aliphatic carbocycles. The molecule has 0 radical (unpaired) electrons. The average Bonchev–Trinajstić information content (AvgIpc) is 3.49. The van der Waals surface area contributed by atoms with Gasteiger partial charge in [0.15, 0.2) is 0 Å². The molecule has 4 N–H and O–H groups in total. The third kappa shape index (κ3) is 8.96. The summed E-state index contributed by atoms with van der Waals surface area (Å²) in [5, 5.41) is 17.6. The molecule has 0 saturated carbocycles. The summed E-state index contributed by atoms with van der Waals surface area (Å²) in [5.74, 6) is 4.75. The average molecular weight is 605 g/mol. The van der Waals surface area contributed by atoms with Crippen LogP contribution in [0.1, 0.15) is 34.6 Å². The van der Waals surface area contributed by atoms with Crippen LogP contribution in [0.2, 0.25) is 0 Å². The van der Waals surface area contributed by atoms with Gasteiger partial charge in [-0.3, -0.25) is 4.68 Å². The van der Waals surface area contributed by atoms with Gasteiger partial charge in [0.2, 0.25) is 0 Å². The highest BCUT2D eigenvalue weighted by Crippen LogP contribution is 2.32. The number of piperidine rings is 1. The number of anilines is 1. The Labute approximate surface area is 248 Å². The number of carboxylic acid groups (broad SMARTS) is 1. The van der Waals surface area contributed by atoms with E-state index >= 15 is 0 Å². The van der Waals surface area contributed by atoms with E-state index in [1.165, 1.54) is 10.8 Å². The summed E-state index contributed by atoms with van der Waals surface area (Å²) in [6.07, 6.45) is -1.19. The summed E-state index contributed by atoms with van der Waals surface area (Å²) < 4.78 is 54.4. The van der Waals surface area contributed by atoms with E-state index in [1.807, 2.05) is 6.07 Å². The van der Waals surface area contributed by atoms with Gasteiger partial charge in [-0.25, -0.2) is 4.79 Å². The van der Waals surface area contributed by atoms with E-state index in [0.29, 0.717) is 49.6 Å². The molecule has 3 aromatic rings. The Kier molecular flexibility index (Phi) is 11.1. The van der Waals surface area contributed by atoms with Gasteiger partial charge in [0.1, 0.15) is 12.1 Å². The zero-order valence-electron chi connectivity index (χ0n) is 24.5. The fraction of sp³-hybridized carbons (Fsp3) is 0.533. The van der Waals surface area contributed by atoms with Crippen molar-refractivity contribution in [3.8, 4) is 11.8 Å². The Hall–Kier alpha value is -3.57. The lowest BCUT2D eigenvalue weighted by atomic mass is 9.89. The second-order valence-electron chi connectivity index (χ2n) is 10.7. The van der Waals surface area contributed by atoms with Crippen LogP contribution < -0.4 is 11.1 Å². The largest absolute Gasteiger partial charge is 0.478 e. The number of nitrogens with one attached hydrogen (secondary N) is 1. The highest BCUT2D eigenvalue weighted by Gasteiger charge is 2.31. The standard InChI is InChI=1S/C30H39F3N6O4/c1-21-25(29(40)41)19-38(36-21)12-14-43-16-15-42-13-9-22-18-37(2)11-8-26(22)35-27-6-3-7-28-24(27)17-23(5-4-10-34)39(28)20-30(31,32)33/h3,6-7,17,19,22,26,35H,8-16,18,20,34H2,1-2H3,(H,40,41). The van der Waals surface area contributed by atoms with Crippen molar-refractivity contribution >= 4 is 22.6 Å². The highest BCUT2D eigenvalue weighted by atomic mass is 19.4. The number of carbonyl (C=O) groups is 1. The van der Waals surface area contributed by atoms with E-state index in [0.717, 1.165) is 31.6 Å². The minimum absolute atomic E-state index is 0.0600. The van der Waals surface area contributed by atoms with E-state index in [-0.39, 0.29) is 29.8 Å². The van der Waals surface area contributed by atoms with Gasteiger partial charge < -0.3 is 35.1 Å². The number of hydrogen-bond donors (Lipinski definition) is 3. The number of aromatic carboxylic acids is 1. The monoisotopic (exact) mass is 604 g/mol. The van der Waals surface area contributed by atoms with E-state index in [4.69, 9.17) is 20.3 Å². The molecule has 43 heavy (non-hydrogen) atoms. The number of nitrogens with zero attached hydrogens (tertiary/aromatic N) is 4. The Morgan fingerprint density at radius 1 is 1.23 bits per heavy atom. The first-order valence-electron chi connectivity index (χ1n) is 14.3. The first-order chi connectivity index (χ1) is 20.6. The number of aromatic nitrogens is 3. The molecule has 234 valence electrons. The van der Waals surface area contributed by atoms with E-state index in [9.17, 15) is 18.0 Å². The molecule has 2 unspecified atom stereocenters. The maximum absolute atomic E-state index is 13.4. The maximum Gasteiger partial charge on any atom is 0.406 e. The zero-order chi connectivity index (χ0) is 31.0. The number of nitrogens with two attached hydrogens (primary N) is 1. The molecule has 0 spiro atoms. The second-order valence-corrected chi connectivity index (χ2v) is 10.7. The number of rotatable bonds is 13. The summed E-state index contributed by atoms with van der Waals surface area (Å²) in [6.45, 7) is 4.59. The van der Waals surface area contributed by atoms with Gasteiger partial charge in [0.25, 0.3) is 0 Å². The molecule has 0 amide bonds. The molecule has 1 aromatic carbocycles. The Bertz CT molecular complexity index is 1440. The molecule has 2 atom stereocenters. The second kappa shape index (κ2) is 14.7. The molecular weight excluding hydrogens is 565 g/mol. The summed E-state index contributed by atoms with van der Waals surface area (Å²) in [6, 6.07) is 7.18. The van der Waals surface area contributed by atoms with Gasteiger partial charge in [0.05, 0.1) is 49.8 Å². The number of alkyl halides is 3. The minimum Gasteiger partial charge on any atom is -0.478 e. The summed E-state index contributed by atoms with van der Waals surface area (Å²) >= 11 is 0. The zero-order valence-corrected chi connectivity index (χ0v) is 24.5. The number of likely N-dealkylation sites (tertiary alicyclic amines) is 1. The Balaban J connectivity index is 1.31. The predicted octanol–water partition coefficient (Wildman–Crippen LogP) is 3.57. The van der Waals surface area contributed by atoms with Crippen molar-refractivity contribution in [3.05, 3.63) is 47.4 Å². The highest BCUT2D eigenvalue weighted by molar-refractivity contribution is 5.94. The van der Waals surface area contributed by atoms with Crippen molar-refractivity contribution in [1.29, 1.82) is 0 Å². The SMILES string of the molecule is Cc1nn(CCOCCOCCC2CN(C)CCC2Nc2cccc3c2cc(C#CCN)n3CC(F)(F)F)cc1C(=O)O. The number of ether oxygens (including phenoxy) is 2. The van der Waals surface area contributed by atoms with Crippen LogP contribution in [0.4, 0.5) is 18.9 Å². The predicted molar refractivity (Wildman–Crippen MR) is 157 cm³/mol. The maximum atomic E-state index is 13.4. The van der Waals surface area contributed by atoms with Crippen LogP contribution in [0.3, 0.4) is 0 Å². The lowest BCUT2D eigenvalue weighted by Crippen LogP contribution is -2.45. The molecule has 1 aliphatic rings. The Morgan fingerprint density at radius 3 is 2.70 bits per heavy atom. The third-order valence-electron chi connectivity index (χ3n) is 7.53. The van der Waals surface area contributed by atoms with Crippen molar-refractivity contribution in [2.75, 3.05) is 58.4 Å². The molecule has 1 aliphatic heterocycles. The van der Waals surface area contributed by atoms with Gasteiger partial charge in [-0.2, -0.15) is 18.3 Å². The van der Waals surface area contributed by atoms with Gasteiger partial charge in [-0.15, -0.1) is 0 Å². The number of benzene rings is 1. The van der Waals surface area contributed by atoms with Crippen molar-refractivity contribution in [1.82, 2.24) is 19.2 Å². The van der Waals surface area contributed by atoms with Gasteiger partial charge >= 0.3 is 12.1 Å². The Morgan fingerprint density at radius 2 is 2.00 bits per heavy atom. The summed E-state index contributed by atoms with van der Waals surface area (Å²) in [7, 11) is 2.08. The molecular formula is C30H39F3N6O4. The summed E-state index contributed by atoms with van der Waals surface area (Å²) in [4.78, 5) is 13.4. The van der Waals surface area contributed by atoms with Crippen molar-refractivity contribution in [3.63, 3.8) is 0 Å². The topological polar surface area (TPSA) is 120 Å². The molecule has 1 saturated heterocycles. The van der Waals surface area contributed by atoms with Crippen molar-refractivity contribution in [2.45, 2.75) is 45.1 Å². The summed E-state index contributed by atoms with van der Waals surface area (Å²) in [5.41, 5.74) is 7.68. The van der Waals surface area contributed by atoms with Crippen LogP contribution in [0.5, 0.6) is 0 Å². The van der Waals surface area contributed by atoms with E-state index in [2.05, 4.69) is 34.2 Å². The molecule has 0 bridgehead atoms.